The molecular formula is C25H15NOS. The first-order chi connectivity index (χ1) is 13.9. The van der Waals surface area contributed by atoms with E-state index in [1.165, 1.54) is 21.2 Å². The number of benzene rings is 4. The van der Waals surface area contributed by atoms with Gasteiger partial charge in [0, 0.05) is 21.7 Å². The highest BCUT2D eigenvalue weighted by atomic mass is 32.1. The van der Waals surface area contributed by atoms with Crippen LogP contribution in [0, 0.1) is 0 Å². The quantitative estimate of drug-likeness (QED) is 0.312. The molecule has 0 fully saturated rings. The van der Waals surface area contributed by atoms with E-state index in [9.17, 15) is 0 Å². The summed E-state index contributed by atoms with van der Waals surface area (Å²) in [4.78, 5) is 0. The first kappa shape index (κ1) is 15.6. The van der Waals surface area contributed by atoms with Crippen LogP contribution >= 0.6 is 11.5 Å². The van der Waals surface area contributed by atoms with Crippen LogP contribution in [0.3, 0.4) is 0 Å². The van der Waals surface area contributed by atoms with Crippen molar-refractivity contribution >= 4 is 43.6 Å². The summed E-state index contributed by atoms with van der Waals surface area (Å²) < 4.78 is 11.9. The predicted molar refractivity (Wildman–Crippen MR) is 118 cm³/mol. The molecule has 0 bridgehead atoms. The lowest BCUT2D eigenvalue weighted by atomic mass is 9.99. The second kappa shape index (κ2) is 6.04. The van der Waals surface area contributed by atoms with Crippen molar-refractivity contribution < 1.29 is 4.42 Å². The molecule has 6 aromatic rings. The van der Waals surface area contributed by atoms with Crippen molar-refractivity contribution in [3.63, 3.8) is 0 Å². The molecule has 0 atom stereocenters. The van der Waals surface area contributed by atoms with Crippen LogP contribution in [0.4, 0.5) is 0 Å². The van der Waals surface area contributed by atoms with Crippen LogP contribution in [0.25, 0.3) is 54.4 Å². The second-order valence-electron chi connectivity index (χ2n) is 6.92. The van der Waals surface area contributed by atoms with Crippen molar-refractivity contribution in [2.45, 2.75) is 0 Å². The maximum Gasteiger partial charge on any atom is 0.135 e. The number of hydrogen-bond donors (Lipinski definition) is 0. The van der Waals surface area contributed by atoms with Crippen LogP contribution in [-0.2, 0) is 0 Å². The fraction of sp³-hybridized carbons (Fsp3) is 0. The third kappa shape index (κ3) is 2.37. The van der Waals surface area contributed by atoms with Crippen LogP contribution in [-0.4, -0.2) is 4.37 Å². The van der Waals surface area contributed by atoms with Gasteiger partial charge in [-0.3, -0.25) is 0 Å². The molecule has 0 aliphatic heterocycles. The van der Waals surface area contributed by atoms with Gasteiger partial charge in [-0.15, -0.1) is 0 Å². The van der Waals surface area contributed by atoms with Crippen LogP contribution in [0.15, 0.2) is 95.4 Å². The molecule has 132 valence electrons. The SMILES string of the molecule is c1cc(-c2ccc3oc4ccccc4c3c2)cc(-c2nsc3ccccc23)c1. The Kier molecular flexibility index (Phi) is 3.37. The average molecular weight is 377 g/mol. The lowest BCUT2D eigenvalue weighted by molar-refractivity contribution is 0.669. The summed E-state index contributed by atoms with van der Waals surface area (Å²) in [7, 11) is 0. The molecule has 2 nitrogen and oxygen atoms in total. The lowest BCUT2D eigenvalue weighted by Crippen LogP contribution is -1.82. The molecule has 3 heteroatoms. The number of hydrogen-bond acceptors (Lipinski definition) is 3. The number of aromatic nitrogens is 1. The molecule has 0 N–H and O–H groups in total. The second-order valence-corrected chi connectivity index (χ2v) is 7.72. The van der Waals surface area contributed by atoms with Crippen LogP contribution in [0.5, 0.6) is 0 Å². The Morgan fingerprint density at radius 1 is 0.571 bits per heavy atom. The molecule has 0 aliphatic carbocycles. The van der Waals surface area contributed by atoms with E-state index < -0.39 is 0 Å². The fourth-order valence-electron chi connectivity index (χ4n) is 3.85. The number of nitrogens with zero attached hydrogens (tertiary/aromatic N) is 1. The Morgan fingerprint density at radius 2 is 1.32 bits per heavy atom. The van der Waals surface area contributed by atoms with Crippen LogP contribution in [0.2, 0.25) is 0 Å². The number of para-hydroxylation sites is 1. The van der Waals surface area contributed by atoms with E-state index in [0.29, 0.717) is 0 Å². The zero-order valence-electron chi connectivity index (χ0n) is 14.9. The Hall–Kier alpha value is -3.43. The third-order valence-electron chi connectivity index (χ3n) is 5.22. The maximum atomic E-state index is 5.97. The molecule has 0 spiro atoms. The van der Waals surface area contributed by atoms with E-state index in [1.54, 1.807) is 11.5 Å². The minimum atomic E-state index is 0.923. The predicted octanol–water partition coefficient (Wildman–Crippen LogP) is 7.53. The molecule has 0 amide bonds. The smallest absolute Gasteiger partial charge is 0.135 e. The first-order valence-electron chi connectivity index (χ1n) is 9.23. The van der Waals surface area contributed by atoms with Crippen molar-refractivity contribution in [2.75, 3.05) is 0 Å². The molecule has 2 heterocycles. The summed E-state index contributed by atoms with van der Waals surface area (Å²) >= 11 is 1.55. The monoisotopic (exact) mass is 377 g/mol. The minimum Gasteiger partial charge on any atom is -0.456 e. The van der Waals surface area contributed by atoms with E-state index in [1.807, 2.05) is 12.1 Å². The first-order valence-corrected chi connectivity index (χ1v) is 10.0. The molecule has 28 heavy (non-hydrogen) atoms. The lowest BCUT2D eigenvalue weighted by Gasteiger charge is -2.05. The van der Waals surface area contributed by atoms with Gasteiger partial charge in [-0.25, -0.2) is 0 Å². The fourth-order valence-corrected chi connectivity index (χ4v) is 4.64. The Bertz CT molecular complexity index is 1470. The highest BCUT2D eigenvalue weighted by molar-refractivity contribution is 7.13. The standard InChI is InChI=1S/C25H15NOS/c1-3-10-22-19(8-1)21-15-17(12-13-23(21)27-22)16-6-5-7-18(14-16)25-20-9-2-4-11-24(20)28-26-25/h1-15H. The van der Waals surface area contributed by atoms with Crippen molar-refractivity contribution in [3.8, 4) is 22.4 Å². The average Bonchev–Trinajstić information content (AvgIpc) is 3.35. The zero-order valence-corrected chi connectivity index (χ0v) is 15.7. The van der Waals surface area contributed by atoms with E-state index in [0.717, 1.165) is 33.2 Å². The number of furan rings is 1. The molecular weight excluding hydrogens is 362 g/mol. The van der Waals surface area contributed by atoms with Gasteiger partial charge in [0.05, 0.1) is 10.4 Å². The molecule has 0 aliphatic rings. The summed E-state index contributed by atoms with van der Waals surface area (Å²) in [5.41, 5.74) is 6.41. The largest absolute Gasteiger partial charge is 0.456 e. The summed E-state index contributed by atoms with van der Waals surface area (Å²) in [5.74, 6) is 0. The molecule has 4 aromatic carbocycles. The van der Waals surface area contributed by atoms with E-state index in [2.05, 4.69) is 78.9 Å². The van der Waals surface area contributed by atoms with Crippen LogP contribution < -0.4 is 0 Å². The summed E-state index contributed by atoms with van der Waals surface area (Å²) in [6, 6.07) is 31.6. The van der Waals surface area contributed by atoms with Crippen molar-refractivity contribution in [2.24, 2.45) is 0 Å². The Balaban J connectivity index is 1.52. The molecule has 0 unspecified atom stereocenters. The number of fused-ring (bicyclic) bond motifs is 4. The van der Waals surface area contributed by atoms with E-state index in [-0.39, 0.29) is 0 Å². The highest BCUT2D eigenvalue weighted by Gasteiger charge is 2.11. The molecule has 6 rings (SSSR count). The summed E-state index contributed by atoms with van der Waals surface area (Å²) in [5, 5.41) is 3.51. The third-order valence-corrected chi connectivity index (χ3v) is 6.05. The van der Waals surface area contributed by atoms with E-state index >= 15 is 0 Å². The molecule has 0 saturated carbocycles. The molecule has 0 saturated heterocycles. The number of rotatable bonds is 2. The van der Waals surface area contributed by atoms with Gasteiger partial charge in [0.25, 0.3) is 0 Å². The Morgan fingerprint density at radius 3 is 2.29 bits per heavy atom. The van der Waals surface area contributed by atoms with Gasteiger partial charge in [-0.05, 0) is 53.0 Å². The van der Waals surface area contributed by atoms with Gasteiger partial charge < -0.3 is 4.42 Å². The summed E-state index contributed by atoms with van der Waals surface area (Å²) in [6.07, 6.45) is 0. The van der Waals surface area contributed by atoms with Crippen molar-refractivity contribution in [1.82, 2.24) is 4.37 Å². The minimum absolute atomic E-state index is 0.923. The van der Waals surface area contributed by atoms with Gasteiger partial charge in [-0.2, -0.15) is 4.37 Å². The zero-order chi connectivity index (χ0) is 18.5. The van der Waals surface area contributed by atoms with Gasteiger partial charge >= 0.3 is 0 Å². The van der Waals surface area contributed by atoms with Gasteiger partial charge in [0.2, 0.25) is 0 Å². The van der Waals surface area contributed by atoms with Crippen molar-refractivity contribution in [3.05, 3.63) is 91.0 Å². The topological polar surface area (TPSA) is 26.0 Å². The normalized spacial score (nSPS) is 11.6. The summed E-state index contributed by atoms with van der Waals surface area (Å²) in [6.45, 7) is 0. The van der Waals surface area contributed by atoms with Gasteiger partial charge in [0.1, 0.15) is 11.2 Å². The van der Waals surface area contributed by atoms with Gasteiger partial charge in [-0.1, -0.05) is 60.7 Å². The van der Waals surface area contributed by atoms with Crippen molar-refractivity contribution in [1.29, 1.82) is 0 Å². The molecule has 2 aromatic heterocycles. The molecule has 0 radical (unpaired) electrons. The van der Waals surface area contributed by atoms with Gasteiger partial charge in [0.15, 0.2) is 0 Å². The van der Waals surface area contributed by atoms with E-state index in [4.69, 9.17) is 8.79 Å². The highest BCUT2D eigenvalue weighted by Crippen LogP contribution is 2.35. The Labute approximate surface area is 165 Å². The maximum absolute atomic E-state index is 5.97. The van der Waals surface area contributed by atoms with Crippen LogP contribution in [0.1, 0.15) is 0 Å².